The Bertz CT molecular complexity index is 742. The van der Waals surface area contributed by atoms with E-state index >= 15 is 0 Å². The van der Waals surface area contributed by atoms with E-state index in [1.54, 1.807) is 23.9 Å². The largest absolute Gasteiger partial charge is 0.356 e. The Hall–Kier alpha value is -1.68. The number of nitrogens with zero attached hydrogens (tertiary/aromatic N) is 4. The normalized spacial score (nSPS) is 12.5. The maximum Gasteiger partial charge on any atom is 0.191 e. The van der Waals surface area contributed by atoms with Gasteiger partial charge in [-0.2, -0.15) is 5.10 Å². The van der Waals surface area contributed by atoms with Gasteiger partial charge in [-0.15, -0.1) is 24.0 Å². The molecule has 6 nitrogen and oxygen atoms in total. The monoisotopic (exact) mass is 530 g/mol. The van der Waals surface area contributed by atoms with E-state index in [2.05, 4.69) is 46.4 Å². The van der Waals surface area contributed by atoms with Gasteiger partial charge in [0.05, 0.1) is 11.4 Å². The third kappa shape index (κ3) is 8.99. The number of guanidine groups is 1. The SMILES string of the molecule is CCN(CC)CCCC(C)NC(=NC)NCCc1ccn(-c2ccc(F)cc2)n1.I. The Morgan fingerprint density at radius 1 is 1.20 bits per heavy atom. The summed E-state index contributed by atoms with van der Waals surface area (Å²) in [6, 6.07) is 8.68. The summed E-state index contributed by atoms with van der Waals surface area (Å²) in [7, 11) is 1.79. The Balaban J connectivity index is 0.00000450. The molecule has 0 radical (unpaired) electrons. The van der Waals surface area contributed by atoms with Crippen molar-refractivity contribution in [1.29, 1.82) is 0 Å². The van der Waals surface area contributed by atoms with Crippen LogP contribution in [0.1, 0.15) is 39.3 Å². The molecule has 0 spiro atoms. The summed E-state index contributed by atoms with van der Waals surface area (Å²) in [6.45, 7) is 10.7. The van der Waals surface area contributed by atoms with Crippen molar-refractivity contribution in [2.24, 2.45) is 4.99 Å². The predicted octanol–water partition coefficient (Wildman–Crippen LogP) is 3.85. The molecule has 1 aromatic heterocycles. The molecule has 1 atom stereocenters. The highest BCUT2D eigenvalue weighted by Crippen LogP contribution is 2.09. The second-order valence-electron chi connectivity index (χ2n) is 7.19. The van der Waals surface area contributed by atoms with Crippen molar-refractivity contribution in [2.75, 3.05) is 33.2 Å². The molecular weight excluding hydrogens is 494 g/mol. The predicted molar refractivity (Wildman–Crippen MR) is 134 cm³/mol. The second kappa shape index (κ2) is 14.3. The van der Waals surface area contributed by atoms with Crippen LogP contribution in [0.25, 0.3) is 5.69 Å². The topological polar surface area (TPSA) is 57.5 Å². The van der Waals surface area contributed by atoms with Gasteiger partial charge in [-0.3, -0.25) is 4.99 Å². The molecule has 2 rings (SSSR count). The van der Waals surface area contributed by atoms with Crippen molar-refractivity contribution < 1.29 is 4.39 Å². The molecule has 0 saturated heterocycles. The van der Waals surface area contributed by atoms with Crippen LogP contribution in [-0.2, 0) is 6.42 Å². The fraction of sp³-hybridized carbons (Fsp3) is 0.545. The van der Waals surface area contributed by atoms with E-state index in [1.807, 2.05) is 12.3 Å². The van der Waals surface area contributed by atoms with Gasteiger partial charge in [0, 0.05) is 32.3 Å². The standard InChI is InChI=1S/C22H35FN6.HI/c1-5-28(6-2)16-7-8-18(3)26-22(24-4)25-15-13-20-14-17-29(27-20)21-11-9-19(23)10-12-21;/h9-12,14,17-18H,5-8,13,15-16H2,1-4H3,(H2,24,25,26);1H. The van der Waals surface area contributed by atoms with Crippen molar-refractivity contribution >= 4 is 29.9 Å². The first-order chi connectivity index (χ1) is 14.0. The highest BCUT2D eigenvalue weighted by molar-refractivity contribution is 14.0. The molecule has 0 aliphatic heterocycles. The summed E-state index contributed by atoms with van der Waals surface area (Å²) < 4.78 is 14.8. The van der Waals surface area contributed by atoms with Crippen LogP contribution in [0.3, 0.4) is 0 Å². The fourth-order valence-corrected chi connectivity index (χ4v) is 3.20. The van der Waals surface area contributed by atoms with Gasteiger partial charge in [-0.05, 0) is 69.7 Å². The molecule has 0 amide bonds. The van der Waals surface area contributed by atoms with Crippen LogP contribution in [0.4, 0.5) is 4.39 Å². The zero-order valence-electron chi connectivity index (χ0n) is 18.6. The molecule has 1 heterocycles. The number of hydrogen-bond acceptors (Lipinski definition) is 3. The van der Waals surface area contributed by atoms with Crippen molar-refractivity contribution in [3.63, 3.8) is 0 Å². The van der Waals surface area contributed by atoms with E-state index in [0.29, 0.717) is 6.04 Å². The maximum atomic E-state index is 13.1. The summed E-state index contributed by atoms with van der Waals surface area (Å²) in [6.07, 6.45) is 4.96. The van der Waals surface area contributed by atoms with Crippen LogP contribution in [0, 0.1) is 5.82 Å². The molecule has 0 saturated carbocycles. The third-order valence-electron chi connectivity index (χ3n) is 5.02. The Kier molecular flexibility index (Phi) is 12.6. The molecule has 1 unspecified atom stereocenters. The van der Waals surface area contributed by atoms with Crippen LogP contribution in [-0.4, -0.2) is 59.9 Å². The number of aromatic nitrogens is 2. The van der Waals surface area contributed by atoms with Crippen molar-refractivity contribution in [1.82, 2.24) is 25.3 Å². The van der Waals surface area contributed by atoms with Gasteiger partial charge in [0.2, 0.25) is 0 Å². The zero-order chi connectivity index (χ0) is 21.1. The van der Waals surface area contributed by atoms with Crippen LogP contribution < -0.4 is 10.6 Å². The lowest BCUT2D eigenvalue weighted by atomic mass is 10.2. The molecule has 30 heavy (non-hydrogen) atoms. The lowest BCUT2D eigenvalue weighted by molar-refractivity contribution is 0.292. The minimum atomic E-state index is -0.244. The average Bonchev–Trinajstić information content (AvgIpc) is 3.20. The summed E-state index contributed by atoms with van der Waals surface area (Å²) >= 11 is 0. The van der Waals surface area contributed by atoms with Gasteiger partial charge in [-0.25, -0.2) is 9.07 Å². The molecular formula is C22H36FIN6. The number of hydrogen-bond donors (Lipinski definition) is 2. The summed E-state index contributed by atoms with van der Waals surface area (Å²) in [5, 5.41) is 11.4. The molecule has 8 heteroatoms. The Labute approximate surface area is 197 Å². The zero-order valence-corrected chi connectivity index (χ0v) is 20.9. The number of nitrogens with one attached hydrogen (secondary N) is 2. The van der Waals surface area contributed by atoms with E-state index in [4.69, 9.17) is 0 Å². The van der Waals surface area contributed by atoms with E-state index in [-0.39, 0.29) is 29.8 Å². The summed E-state index contributed by atoms with van der Waals surface area (Å²) in [4.78, 5) is 6.77. The molecule has 2 N–H and O–H groups in total. The van der Waals surface area contributed by atoms with E-state index in [9.17, 15) is 4.39 Å². The quantitative estimate of drug-likeness (QED) is 0.263. The Morgan fingerprint density at radius 2 is 1.90 bits per heavy atom. The lowest BCUT2D eigenvalue weighted by Crippen LogP contribution is -2.43. The fourth-order valence-electron chi connectivity index (χ4n) is 3.20. The molecule has 0 fully saturated rings. The van der Waals surface area contributed by atoms with Crippen molar-refractivity contribution in [2.45, 2.75) is 46.1 Å². The van der Waals surface area contributed by atoms with Gasteiger partial charge >= 0.3 is 0 Å². The highest BCUT2D eigenvalue weighted by Gasteiger charge is 2.07. The molecule has 168 valence electrons. The van der Waals surface area contributed by atoms with Crippen LogP contribution >= 0.6 is 24.0 Å². The first-order valence-electron chi connectivity index (χ1n) is 10.6. The minimum absolute atomic E-state index is 0. The smallest absolute Gasteiger partial charge is 0.191 e. The molecule has 0 bridgehead atoms. The van der Waals surface area contributed by atoms with Crippen LogP contribution in [0.5, 0.6) is 0 Å². The second-order valence-corrected chi connectivity index (χ2v) is 7.19. The minimum Gasteiger partial charge on any atom is -0.356 e. The van der Waals surface area contributed by atoms with Gasteiger partial charge in [0.15, 0.2) is 5.96 Å². The molecule has 0 aliphatic rings. The Morgan fingerprint density at radius 3 is 2.53 bits per heavy atom. The van der Waals surface area contributed by atoms with Gasteiger partial charge < -0.3 is 15.5 Å². The highest BCUT2D eigenvalue weighted by atomic mass is 127. The first kappa shape index (κ1) is 26.4. The number of rotatable bonds is 11. The number of benzene rings is 1. The van der Waals surface area contributed by atoms with Gasteiger partial charge in [0.25, 0.3) is 0 Å². The van der Waals surface area contributed by atoms with Crippen molar-refractivity contribution in [3.8, 4) is 5.69 Å². The van der Waals surface area contributed by atoms with E-state index in [1.165, 1.54) is 18.6 Å². The lowest BCUT2D eigenvalue weighted by Gasteiger charge is -2.21. The van der Waals surface area contributed by atoms with Crippen LogP contribution in [0.2, 0.25) is 0 Å². The molecule has 2 aromatic rings. The first-order valence-corrected chi connectivity index (χ1v) is 10.6. The van der Waals surface area contributed by atoms with E-state index in [0.717, 1.165) is 56.4 Å². The van der Waals surface area contributed by atoms with E-state index < -0.39 is 0 Å². The average molecular weight is 530 g/mol. The van der Waals surface area contributed by atoms with Crippen LogP contribution in [0.15, 0.2) is 41.5 Å². The molecule has 0 aliphatic carbocycles. The molecule has 1 aromatic carbocycles. The number of halogens is 2. The van der Waals surface area contributed by atoms with Gasteiger partial charge in [0.1, 0.15) is 5.82 Å². The third-order valence-corrected chi connectivity index (χ3v) is 5.02. The number of aliphatic imine (C=N–C) groups is 1. The van der Waals surface area contributed by atoms with Crippen molar-refractivity contribution in [3.05, 3.63) is 48.0 Å². The summed E-state index contributed by atoms with van der Waals surface area (Å²) in [5.74, 6) is 0.574. The van der Waals surface area contributed by atoms with Gasteiger partial charge in [-0.1, -0.05) is 13.8 Å². The summed E-state index contributed by atoms with van der Waals surface area (Å²) in [5.41, 5.74) is 1.83. The maximum absolute atomic E-state index is 13.1.